The minimum absolute atomic E-state index is 0.0389. The zero-order valence-corrected chi connectivity index (χ0v) is 16.8. The average molecular weight is 399 g/mol. The summed E-state index contributed by atoms with van der Waals surface area (Å²) < 4.78 is 5.63. The van der Waals surface area contributed by atoms with Gasteiger partial charge in [0.15, 0.2) is 0 Å². The molecule has 4 heteroatoms. The molecule has 1 amide bonds. The molecule has 30 heavy (non-hydrogen) atoms. The number of ether oxygens (including phenoxy) is 1. The van der Waals surface area contributed by atoms with Crippen LogP contribution in [0.4, 0.5) is 10.5 Å². The number of fused-ring (bicyclic) bond motifs is 4. The maximum absolute atomic E-state index is 12.5. The minimum atomic E-state index is -0.472. The standard InChI is InChI=1S/C26H25NO3/c28-25-12-6-1-7-17-13-14-18(15-23(17)25)27-26(29)30-16-24-21-10-4-2-8-19(21)20-9-3-5-11-22(20)24/h2-5,8-11,13-15,24-25,28H,1,6-7,12,16H2,(H,27,29). The molecule has 2 N–H and O–H groups in total. The number of nitrogens with one attached hydrogen (secondary N) is 1. The first-order valence-electron chi connectivity index (χ1n) is 10.6. The first kappa shape index (κ1) is 18.9. The molecule has 0 aliphatic heterocycles. The number of hydrogen-bond acceptors (Lipinski definition) is 3. The highest BCUT2D eigenvalue weighted by molar-refractivity contribution is 5.85. The van der Waals surface area contributed by atoms with Crippen LogP contribution in [0.25, 0.3) is 11.1 Å². The molecule has 1 unspecified atom stereocenters. The third-order valence-electron chi connectivity index (χ3n) is 6.27. The van der Waals surface area contributed by atoms with Crippen LogP contribution in [0.2, 0.25) is 0 Å². The molecule has 3 aromatic rings. The molecule has 0 aromatic heterocycles. The fourth-order valence-corrected chi connectivity index (χ4v) is 4.77. The molecule has 3 aromatic carbocycles. The smallest absolute Gasteiger partial charge is 0.411 e. The van der Waals surface area contributed by atoms with E-state index in [0.717, 1.165) is 36.8 Å². The molecule has 2 aliphatic rings. The van der Waals surface area contributed by atoms with Crippen molar-refractivity contribution >= 4 is 11.8 Å². The topological polar surface area (TPSA) is 58.6 Å². The molecular weight excluding hydrogens is 374 g/mol. The van der Waals surface area contributed by atoms with E-state index >= 15 is 0 Å². The van der Waals surface area contributed by atoms with Gasteiger partial charge in [0.05, 0.1) is 6.10 Å². The van der Waals surface area contributed by atoms with E-state index in [2.05, 4.69) is 29.6 Å². The molecule has 0 fully saturated rings. The number of aliphatic hydroxyl groups excluding tert-OH is 1. The van der Waals surface area contributed by atoms with Gasteiger partial charge in [0, 0.05) is 11.6 Å². The van der Waals surface area contributed by atoms with Crippen LogP contribution in [0.5, 0.6) is 0 Å². The SMILES string of the molecule is O=C(Nc1ccc2c(c1)C(O)CCCC2)OCC1c2ccccc2-c2ccccc21. The lowest BCUT2D eigenvalue weighted by Gasteiger charge is -2.16. The summed E-state index contributed by atoms with van der Waals surface area (Å²) in [5.74, 6) is 0.0389. The van der Waals surface area contributed by atoms with Gasteiger partial charge >= 0.3 is 6.09 Å². The highest BCUT2D eigenvalue weighted by Gasteiger charge is 2.29. The van der Waals surface area contributed by atoms with Gasteiger partial charge in [0.1, 0.15) is 6.61 Å². The van der Waals surface area contributed by atoms with Crippen LogP contribution < -0.4 is 5.32 Å². The molecule has 152 valence electrons. The van der Waals surface area contributed by atoms with Crippen LogP contribution in [-0.2, 0) is 11.2 Å². The molecule has 0 saturated heterocycles. The van der Waals surface area contributed by atoms with Crippen molar-refractivity contribution in [1.82, 2.24) is 0 Å². The van der Waals surface area contributed by atoms with Gasteiger partial charge in [-0.3, -0.25) is 5.32 Å². The molecular formula is C26H25NO3. The lowest BCUT2D eigenvalue weighted by Crippen LogP contribution is -2.18. The third kappa shape index (κ3) is 3.48. The summed E-state index contributed by atoms with van der Waals surface area (Å²) in [5, 5.41) is 13.2. The first-order valence-corrected chi connectivity index (χ1v) is 10.6. The number of aliphatic hydroxyl groups is 1. The number of hydrogen-bond donors (Lipinski definition) is 2. The Balaban J connectivity index is 1.29. The van der Waals surface area contributed by atoms with Gasteiger partial charge in [-0.1, -0.05) is 61.0 Å². The molecule has 0 spiro atoms. The Morgan fingerprint density at radius 2 is 1.63 bits per heavy atom. The summed E-state index contributed by atoms with van der Waals surface area (Å²) in [6.07, 6.45) is 2.90. The second-order valence-electron chi connectivity index (χ2n) is 8.13. The molecule has 0 bridgehead atoms. The highest BCUT2D eigenvalue weighted by Crippen LogP contribution is 2.44. The van der Waals surface area contributed by atoms with E-state index < -0.39 is 12.2 Å². The van der Waals surface area contributed by atoms with Crippen LogP contribution in [0.15, 0.2) is 66.7 Å². The van der Waals surface area contributed by atoms with Gasteiger partial charge < -0.3 is 9.84 Å². The summed E-state index contributed by atoms with van der Waals surface area (Å²) in [4.78, 5) is 12.5. The number of anilines is 1. The van der Waals surface area contributed by atoms with Gasteiger partial charge in [-0.05, 0) is 64.8 Å². The van der Waals surface area contributed by atoms with E-state index in [4.69, 9.17) is 4.74 Å². The highest BCUT2D eigenvalue weighted by atomic mass is 16.5. The first-order chi connectivity index (χ1) is 14.7. The number of rotatable bonds is 3. The Morgan fingerprint density at radius 1 is 0.933 bits per heavy atom. The molecule has 2 aliphatic carbocycles. The number of carbonyl (C=O) groups is 1. The van der Waals surface area contributed by atoms with Crippen molar-refractivity contribution in [2.75, 3.05) is 11.9 Å². The monoisotopic (exact) mass is 399 g/mol. The predicted molar refractivity (Wildman–Crippen MR) is 118 cm³/mol. The van der Waals surface area contributed by atoms with Crippen molar-refractivity contribution in [2.24, 2.45) is 0 Å². The van der Waals surface area contributed by atoms with Gasteiger partial charge in [0.2, 0.25) is 0 Å². The van der Waals surface area contributed by atoms with Crippen LogP contribution in [0.1, 0.15) is 53.5 Å². The van der Waals surface area contributed by atoms with E-state index in [1.165, 1.54) is 22.3 Å². The van der Waals surface area contributed by atoms with Crippen molar-refractivity contribution in [3.8, 4) is 11.1 Å². The summed E-state index contributed by atoms with van der Waals surface area (Å²) >= 11 is 0. The number of aryl methyl sites for hydroxylation is 1. The predicted octanol–water partition coefficient (Wildman–Crippen LogP) is 5.81. The van der Waals surface area contributed by atoms with Gasteiger partial charge in [0.25, 0.3) is 0 Å². The van der Waals surface area contributed by atoms with E-state index in [0.29, 0.717) is 5.69 Å². The molecule has 5 rings (SSSR count). The van der Waals surface area contributed by atoms with Crippen LogP contribution in [0.3, 0.4) is 0 Å². The Kier molecular flexibility index (Phi) is 5.01. The van der Waals surface area contributed by atoms with Crippen LogP contribution >= 0.6 is 0 Å². The largest absolute Gasteiger partial charge is 0.448 e. The molecule has 0 radical (unpaired) electrons. The van der Waals surface area contributed by atoms with Crippen molar-refractivity contribution in [2.45, 2.75) is 37.7 Å². The lowest BCUT2D eigenvalue weighted by molar-refractivity contribution is 0.158. The summed E-state index contributed by atoms with van der Waals surface area (Å²) in [5.41, 5.74) is 7.55. The van der Waals surface area contributed by atoms with Crippen molar-refractivity contribution in [3.05, 3.63) is 89.0 Å². The second kappa shape index (κ2) is 7.96. The van der Waals surface area contributed by atoms with E-state index in [9.17, 15) is 9.90 Å². The normalized spacial score (nSPS) is 17.4. The van der Waals surface area contributed by atoms with E-state index in [1.807, 2.05) is 42.5 Å². The number of benzene rings is 3. The van der Waals surface area contributed by atoms with Gasteiger partial charge in [-0.2, -0.15) is 0 Å². The lowest BCUT2D eigenvalue weighted by atomic mass is 9.98. The zero-order valence-electron chi connectivity index (χ0n) is 16.8. The molecule has 4 nitrogen and oxygen atoms in total. The Labute approximate surface area is 176 Å². The number of amides is 1. The van der Waals surface area contributed by atoms with Crippen LogP contribution in [-0.4, -0.2) is 17.8 Å². The quantitative estimate of drug-likeness (QED) is 0.547. The third-order valence-corrected chi connectivity index (χ3v) is 6.27. The Hall–Kier alpha value is -3.11. The van der Waals surface area contributed by atoms with Crippen molar-refractivity contribution in [1.29, 1.82) is 0 Å². The Morgan fingerprint density at radius 3 is 2.37 bits per heavy atom. The van der Waals surface area contributed by atoms with Crippen LogP contribution in [0, 0.1) is 0 Å². The maximum Gasteiger partial charge on any atom is 0.411 e. The van der Waals surface area contributed by atoms with Crippen molar-refractivity contribution < 1.29 is 14.6 Å². The van der Waals surface area contributed by atoms with E-state index in [1.54, 1.807) is 0 Å². The van der Waals surface area contributed by atoms with Gasteiger partial charge in [-0.15, -0.1) is 0 Å². The zero-order chi connectivity index (χ0) is 20.5. The fraction of sp³-hybridized carbons (Fsp3) is 0.269. The summed E-state index contributed by atoms with van der Waals surface area (Å²) in [7, 11) is 0. The Bertz CT molecular complexity index is 1050. The summed E-state index contributed by atoms with van der Waals surface area (Å²) in [6, 6.07) is 22.4. The minimum Gasteiger partial charge on any atom is -0.448 e. The fourth-order valence-electron chi connectivity index (χ4n) is 4.77. The second-order valence-corrected chi connectivity index (χ2v) is 8.13. The van der Waals surface area contributed by atoms with Crippen molar-refractivity contribution in [3.63, 3.8) is 0 Å². The summed E-state index contributed by atoms with van der Waals surface area (Å²) in [6.45, 7) is 0.285. The molecule has 1 atom stereocenters. The molecule has 0 heterocycles. The molecule has 0 saturated carbocycles. The van der Waals surface area contributed by atoms with Gasteiger partial charge in [-0.25, -0.2) is 4.79 Å². The maximum atomic E-state index is 12.5. The number of carbonyl (C=O) groups excluding carboxylic acids is 1. The van der Waals surface area contributed by atoms with E-state index in [-0.39, 0.29) is 12.5 Å². The average Bonchev–Trinajstić information content (AvgIpc) is 2.97.